The average Bonchev–Trinajstić information content (AvgIpc) is 3.27. The predicted octanol–water partition coefficient (Wildman–Crippen LogP) is 1.83. The lowest BCUT2D eigenvalue weighted by molar-refractivity contribution is -0.385. The van der Waals surface area contributed by atoms with Crippen molar-refractivity contribution in [3.63, 3.8) is 0 Å². The van der Waals surface area contributed by atoms with Crippen LogP contribution < -0.4 is 5.73 Å². The van der Waals surface area contributed by atoms with Gasteiger partial charge in [0.05, 0.1) is 29.9 Å². The monoisotopic (exact) mass is 372 g/mol. The van der Waals surface area contributed by atoms with Crippen LogP contribution in [0.25, 0.3) is 17.0 Å². The van der Waals surface area contributed by atoms with E-state index >= 15 is 0 Å². The van der Waals surface area contributed by atoms with Gasteiger partial charge in [-0.2, -0.15) is 15.1 Å². The van der Waals surface area contributed by atoms with Gasteiger partial charge in [0.2, 0.25) is 5.95 Å². The summed E-state index contributed by atoms with van der Waals surface area (Å²) < 4.78 is 31.2. The number of hydrogen-bond acceptors (Lipinski definition) is 7. The minimum absolute atomic E-state index is 0.0700. The number of nitro groups is 1. The van der Waals surface area contributed by atoms with Crippen LogP contribution in [0.5, 0.6) is 0 Å². The second-order valence-corrected chi connectivity index (χ2v) is 5.55. The summed E-state index contributed by atoms with van der Waals surface area (Å²) in [5.41, 5.74) is 5.27. The number of nitrogens with zero attached hydrogens (tertiary/aromatic N) is 7. The second-order valence-electron chi connectivity index (χ2n) is 5.55. The number of imidazole rings is 1. The summed E-state index contributed by atoms with van der Waals surface area (Å²) in [6.07, 6.45) is 4.50. The number of non-ortho nitro benzene ring substituents is 1. The van der Waals surface area contributed by atoms with Gasteiger partial charge in [0, 0.05) is 18.0 Å². The molecule has 4 aromatic rings. The number of nitro benzene ring substituents is 1. The second kappa shape index (κ2) is 6.09. The van der Waals surface area contributed by atoms with Crippen molar-refractivity contribution in [1.29, 1.82) is 0 Å². The maximum atomic E-state index is 14.2. The largest absolute Gasteiger partial charge is 0.368 e. The van der Waals surface area contributed by atoms with E-state index in [-0.39, 0.29) is 23.7 Å². The Balaban J connectivity index is 1.81. The van der Waals surface area contributed by atoms with Crippen LogP contribution in [0.3, 0.4) is 0 Å². The van der Waals surface area contributed by atoms with Crippen LogP contribution in [-0.4, -0.2) is 34.2 Å². The van der Waals surface area contributed by atoms with Crippen LogP contribution in [0.2, 0.25) is 0 Å². The summed E-state index contributed by atoms with van der Waals surface area (Å²) in [4.78, 5) is 22.2. The minimum Gasteiger partial charge on any atom is -0.368 e. The topological polar surface area (TPSA) is 131 Å². The molecule has 3 aromatic heterocycles. The Hall–Kier alpha value is -3.96. The molecule has 0 aliphatic rings. The first-order chi connectivity index (χ1) is 12.9. The van der Waals surface area contributed by atoms with Crippen LogP contribution >= 0.6 is 0 Å². The fraction of sp³-hybridized carbons (Fsp3) is 0.0667. The molecule has 136 valence electrons. The third kappa shape index (κ3) is 2.82. The molecule has 27 heavy (non-hydrogen) atoms. The first kappa shape index (κ1) is 16.5. The molecule has 0 fully saturated rings. The Kier molecular flexibility index (Phi) is 3.72. The fourth-order valence-electron chi connectivity index (χ4n) is 2.63. The van der Waals surface area contributed by atoms with E-state index in [1.165, 1.54) is 15.6 Å². The molecular formula is C15H10F2N8O2. The van der Waals surface area contributed by atoms with Crippen molar-refractivity contribution >= 4 is 22.8 Å². The van der Waals surface area contributed by atoms with Crippen molar-refractivity contribution in [1.82, 2.24) is 29.3 Å². The van der Waals surface area contributed by atoms with Crippen LogP contribution in [0, 0.1) is 21.7 Å². The van der Waals surface area contributed by atoms with E-state index < -0.39 is 22.2 Å². The maximum Gasteiger partial charge on any atom is 0.275 e. The number of anilines is 1. The lowest BCUT2D eigenvalue weighted by atomic mass is 10.1. The van der Waals surface area contributed by atoms with Crippen LogP contribution in [-0.2, 0) is 6.54 Å². The molecule has 0 unspecified atom stereocenters. The van der Waals surface area contributed by atoms with Gasteiger partial charge < -0.3 is 10.3 Å². The molecular weight excluding hydrogens is 362 g/mol. The SMILES string of the molecule is Nc1nc(-n2cccn2)c2ncn(Cc3c(F)cc([N+](=O)[O-])cc3F)c2n1. The Morgan fingerprint density at radius 1 is 1.22 bits per heavy atom. The van der Waals surface area contributed by atoms with Crippen molar-refractivity contribution in [2.45, 2.75) is 6.54 Å². The average molecular weight is 372 g/mol. The van der Waals surface area contributed by atoms with E-state index in [9.17, 15) is 18.9 Å². The molecule has 0 saturated heterocycles. The molecule has 12 heteroatoms. The molecule has 0 spiro atoms. The summed E-state index contributed by atoms with van der Waals surface area (Å²) in [5.74, 6) is -1.85. The summed E-state index contributed by atoms with van der Waals surface area (Å²) in [6, 6.07) is 3.01. The van der Waals surface area contributed by atoms with Crippen molar-refractivity contribution in [2.75, 3.05) is 5.73 Å². The van der Waals surface area contributed by atoms with Gasteiger partial charge in [0.1, 0.15) is 11.6 Å². The van der Waals surface area contributed by atoms with Gasteiger partial charge in [-0.3, -0.25) is 10.1 Å². The van der Waals surface area contributed by atoms with Gasteiger partial charge in [-0.1, -0.05) is 0 Å². The first-order valence-electron chi connectivity index (χ1n) is 7.54. The number of rotatable bonds is 4. The third-order valence-corrected chi connectivity index (χ3v) is 3.85. The Bertz CT molecular complexity index is 1150. The first-order valence-corrected chi connectivity index (χ1v) is 7.54. The summed E-state index contributed by atoms with van der Waals surface area (Å²) in [5, 5.41) is 14.8. The molecule has 0 atom stereocenters. The Morgan fingerprint density at radius 2 is 1.96 bits per heavy atom. The Morgan fingerprint density at radius 3 is 2.59 bits per heavy atom. The number of hydrogen-bond donors (Lipinski definition) is 1. The van der Waals surface area contributed by atoms with Crippen LogP contribution in [0.1, 0.15) is 5.56 Å². The highest BCUT2D eigenvalue weighted by Crippen LogP contribution is 2.24. The summed E-state index contributed by atoms with van der Waals surface area (Å²) >= 11 is 0. The van der Waals surface area contributed by atoms with E-state index in [0.717, 1.165) is 0 Å². The normalized spacial score (nSPS) is 11.2. The number of nitrogens with two attached hydrogens (primary N) is 1. The fourth-order valence-corrected chi connectivity index (χ4v) is 2.63. The number of benzene rings is 1. The van der Waals surface area contributed by atoms with Crippen molar-refractivity contribution in [3.8, 4) is 5.82 Å². The van der Waals surface area contributed by atoms with E-state index in [0.29, 0.717) is 23.5 Å². The van der Waals surface area contributed by atoms with Gasteiger partial charge >= 0.3 is 0 Å². The molecule has 2 N–H and O–H groups in total. The molecule has 1 aromatic carbocycles. The lowest BCUT2D eigenvalue weighted by Crippen LogP contribution is -2.08. The number of fused-ring (bicyclic) bond motifs is 1. The quantitative estimate of drug-likeness (QED) is 0.427. The molecule has 0 saturated carbocycles. The zero-order valence-electron chi connectivity index (χ0n) is 13.5. The molecule has 0 aliphatic heterocycles. The molecule has 4 rings (SSSR count). The lowest BCUT2D eigenvalue weighted by Gasteiger charge is -2.08. The van der Waals surface area contributed by atoms with Gasteiger partial charge in [0.15, 0.2) is 17.0 Å². The minimum atomic E-state index is -1.04. The van der Waals surface area contributed by atoms with E-state index in [2.05, 4.69) is 20.1 Å². The van der Waals surface area contributed by atoms with Crippen molar-refractivity contribution in [3.05, 3.63) is 64.2 Å². The number of nitrogen functional groups attached to an aromatic ring is 1. The molecule has 0 radical (unpaired) electrons. The van der Waals surface area contributed by atoms with E-state index in [1.54, 1.807) is 18.5 Å². The zero-order valence-corrected chi connectivity index (χ0v) is 13.5. The van der Waals surface area contributed by atoms with E-state index in [1.807, 2.05) is 0 Å². The van der Waals surface area contributed by atoms with Crippen molar-refractivity contribution < 1.29 is 13.7 Å². The van der Waals surface area contributed by atoms with Gasteiger partial charge in [-0.25, -0.2) is 18.4 Å². The number of halogens is 2. The highest BCUT2D eigenvalue weighted by atomic mass is 19.1. The standard InChI is InChI=1S/C15H10F2N8O2/c16-10-4-8(25(26)27)5-11(17)9(10)6-23-7-19-12-13(23)21-15(18)22-14(12)24-3-1-2-20-24/h1-5,7H,6H2,(H2,18,21,22). The summed E-state index contributed by atoms with van der Waals surface area (Å²) in [7, 11) is 0. The van der Waals surface area contributed by atoms with Gasteiger partial charge in [-0.05, 0) is 6.07 Å². The number of aromatic nitrogens is 6. The molecule has 10 nitrogen and oxygen atoms in total. The smallest absolute Gasteiger partial charge is 0.275 e. The molecule has 3 heterocycles. The summed E-state index contributed by atoms with van der Waals surface area (Å²) in [6.45, 7) is -0.291. The van der Waals surface area contributed by atoms with Gasteiger partial charge in [-0.15, -0.1) is 0 Å². The van der Waals surface area contributed by atoms with Gasteiger partial charge in [0.25, 0.3) is 5.69 Å². The molecule has 0 bridgehead atoms. The maximum absolute atomic E-state index is 14.2. The highest BCUT2D eigenvalue weighted by Gasteiger charge is 2.20. The molecule has 0 aliphatic carbocycles. The predicted molar refractivity (Wildman–Crippen MR) is 89.0 cm³/mol. The van der Waals surface area contributed by atoms with E-state index in [4.69, 9.17) is 5.73 Å². The van der Waals surface area contributed by atoms with Crippen molar-refractivity contribution in [2.24, 2.45) is 0 Å². The highest BCUT2D eigenvalue weighted by molar-refractivity contribution is 5.79. The van der Waals surface area contributed by atoms with Crippen LogP contribution in [0.4, 0.5) is 20.4 Å². The molecule has 0 amide bonds. The Labute approximate surface area is 149 Å². The van der Waals surface area contributed by atoms with Crippen LogP contribution in [0.15, 0.2) is 36.9 Å². The third-order valence-electron chi connectivity index (χ3n) is 3.85. The zero-order chi connectivity index (χ0) is 19.1.